The summed E-state index contributed by atoms with van der Waals surface area (Å²) in [5, 5.41) is 10.4. The molecule has 0 spiro atoms. The fourth-order valence-corrected chi connectivity index (χ4v) is 2.72. The Kier molecular flexibility index (Phi) is 6.41. The Hall–Kier alpha value is -2.63. The maximum absolute atomic E-state index is 12.9. The molecule has 0 saturated carbocycles. The van der Waals surface area contributed by atoms with Gasteiger partial charge in [0.25, 0.3) is 0 Å². The summed E-state index contributed by atoms with van der Waals surface area (Å²) in [5.74, 6) is 1.06. The van der Waals surface area contributed by atoms with Gasteiger partial charge in [-0.05, 0) is 42.0 Å². The Morgan fingerprint density at radius 3 is 2.42 bits per heavy atom. The number of ether oxygens (including phenoxy) is 1. The van der Waals surface area contributed by atoms with Crippen LogP contribution in [0.4, 0.5) is 4.39 Å². The monoisotopic (exact) mass is 355 g/mol. The van der Waals surface area contributed by atoms with Gasteiger partial charge in [0, 0.05) is 13.1 Å². The van der Waals surface area contributed by atoms with Crippen molar-refractivity contribution >= 4 is 0 Å². The molecule has 4 nitrogen and oxygen atoms in total. The molecule has 0 aliphatic carbocycles. The highest BCUT2D eigenvalue weighted by molar-refractivity contribution is 5.22. The smallest absolute Gasteiger partial charge is 0.123 e. The van der Waals surface area contributed by atoms with Gasteiger partial charge in [-0.15, -0.1) is 0 Å². The zero-order valence-electron chi connectivity index (χ0n) is 14.4. The van der Waals surface area contributed by atoms with Crippen LogP contribution in [0.3, 0.4) is 0 Å². The van der Waals surface area contributed by atoms with Gasteiger partial charge in [0.2, 0.25) is 0 Å². The van der Waals surface area contributed by atoms with E-state index in [2.05, 4.69) is 17.0 Å². The fraction of sp³-hybridized carbons (Fsp3) is 0.238. The average Bonchev–Trinajstić information content (AvgIpc) is 3.15. The van der Waals surface area contributed by atoms with Crippen LogP contribution < -0.4 is 4.74 Å². The van der Waals surface area contributed by atoms with E-state index in [1.54, 1.807) is 18.4 Å². The second kappa shape index (κ2) is 9.17. The molecule has 1 N–H and O–H groups in total. The van der Waals surface area contributed by atoms with Crippen molar-refractivity contribution in [2.45, 2.75) is 19.2 Å². The third-order valence-corrected chi connectivity index (χ3v) is 3.93. The molecule has 5 heteroatoms. The van der Waals surface area contributed by atoms with Crippen molar-refractivity contribution < 1.29 is 18.7 Å². The zero-order valence-corrected chi connectivity index (χ0v) is 14.4. The third kappa shape index (κ3) is 5.72. The van der Waals surface area contributed by atoms with Crippen molar-refractivity contribution in [2.75, 3.05) is 13.2 Å². The van der Waals surface area contributed by atoms with Crippen LogP contribution in [0.1, 0.15) is 11.3 Å². The average molecular weight is 355 g/mol. The van der Waals surface area contributed by atoms with Crippen LogP contribution in [0.5, 0.6) is 5.75 Å². The van der Waals surface area contributed by atoms with E-state index >= 15 is 0 Å². The molecular weight excluding hydrogens is 333 g/mol. The normalized spacial score (nSPS) is 12.3. The van der Waals surface area contributed by atoms with Gasteiger partial charge in [0.05, 0.1) is 12.8 Å². The van der Waals surface area contributed by atoms with E-state index in [4.69, 9.17) is 9.15 Å². The van der Waals surface area contributed by atoms with Crippen LogP contribution in [-0.2, 0) is 13.1 Å². The topological polar surface area (TPSA) is 45.8 Å². The molecule has 3 rings (SSSR count). The van der Waals surface area contributed by atoms with E-state index in [0.29, 0.717) is 25.4 Å². The van der Waals surface area contributed by atoms with Crippen molar-refractivity contribution in [1.29, 1.82) is 0 Å². The van der Waals surface area contributed by atoms with Gasteiger partial charge in [-0.1, -0.05) is 30.3 Å². The van der Waals surface area contributed by atoms with Crippen LogP contribution in [0.15, 0.2) is 77.4 Å². The third-order valence-electron chi connectivity index (χ3n) is 3.93. The molecule has 0 amide bonds. The number of aliphatic hydroxyl groups is 1. The maximum atomic E-state index is 12.9. The van der Waals surface area contributed by atoms with Crippen LogP contribution in [-0.4, -0.2) is 29.3 Å². The molecule has 0 radical (unpaired) electrons. The van der Waals surface area contributed by atoms with Gasteiger partial charge < -0.3 is 14.3 Å². The second-order valence-electron chi connectivity index (χ2n) is 6.15. The molecule has 0 fully saturated rings. The van der Waals surface area contributed by atoms with Gasteiger partial charge in [-0.3, -0.25) is 4.90 Å². The molecule has 0 aliphatic heterocycles. The molecule has 0 saturated heterocycles. The van der Waals surface area contributed by atoms with Crippen LogP contribution >= 0.6 is 0 Å². The van der Waals surface area contributed by atoms with E-state index < -0.39 is 6.10 Å². The number of rotatable bonds is 9. The molecular formula is C21H22FNO3. The Bertz CT molecular complexity index is 760. The van der Waals surface area contributed by atoms with Crippen LogP contribution in [0, 0.1) is 5.82 Å². The number of hydrogen-bond donors (Lipinski definition) is 1. The minimum Gasteiger partial charge on any atom is -0.491 e. The first kappa shape index (κ1) is 18.2. The Labute approximate surface area is 152 Å². The van der Waals surface area contributed by atoms with E-state index in [-0.39, 0.29) is 12.4 Å². The summed E-state index contributed by atoms with van der Waals surface area (Å²) >= 11 is 0. The standard InChI is InChI=1S/C21H22FNO3/c22-18-8-10-20(11-9-18)26-16-19(24)14-23(15-21-7-4-12-25-21)13-17-5-2-1-3-6-17/h1-12,19,24H,13-16H2. The molecule has 0 aliphatic rings. The number of hydrogen-bond acceptors (Lipinski definition) is 4. The highest BCUT2D eigenvalue weighted by Gasteiger charge is 2.15. The van der Waals surface area contributed by atoms with Crippen molar-refractivity contribution in [1.82, 2.24) is 4.90 Å². The van der Waals surface area contributed by atoms with Crippen LogP contribution in [0.2, 0.25) is 0 Å². The Balaban J connectivity index is 1.57. The minimum absolute atomic E-state index is 0.134. The SMILES string of the molecule is OC(COc1ccc(F)cc1)CN(Cc1ccccc1)Cc1ccco1. The summed E-state index contributed by atoms with van der Waals surface area (Å²) in [5.41, 5.74) is 1.16. The van der Waals surface area contributed by atoms with E-state index in [9.17, 15) is 9.50 Å². The number of benzene rings is 2. The second-order valence-corrected chi connectivity index (χ2v) is 6.15. The molecule has 1 unspecified atom stereocenters. The summed E-state index contributed by atoms with van der Waals surface area (Å²) in [6.07, 6.45) is 0.961. The molecule has 1 aromatic heterocycles. The summed E-state index contributed by atoms with van der Waals surface area (Å²) < 4.78 is 23.9. The minimum atomic E-state index is -0.682. The largest absolute Gasteiger partial charge is 0.491 e. The number of aliphatic hydroxyl groups excluding tert-OH is 1. The van der Waals surface area contributed by atoms with Gasteiger partial charge >= 0.3 is 0 Å². The highest BCUT2D eigenvalue weighted by atomic mass is 19.1. The molecule has 1 atom stereocenters. The Morgan fingerprint density at radius 2 is 1.73 bits per heavy atom. The lowest BCUT2D eigenvalue weighted by Crippen LogP contribution is -2.35. The number of nitrogens with zero attached hydrogens (tertiary/aromatic N) is 1. The van der Waals surface area contributed by atoms with E-state index in [1.165, 1.54) is 12.1 Å². The Morgan fingerprint density at radius 1 is 0.962 bits per heavy atom. The molecule has 26 heavy (non-hydrogen) atoms. The lowest BCUT2D eigenvalue weighted by molar-refractivity contribution is 0.0604. The molecule has 1 heterocycles. The summed E-state index contributed by atoms with van der Waals surface area (Å²) in [6.45, 7) is 1.84. The van der Waals surface area contributed by atoms with E-state index in [0.717, 1.165) is 11.3 Å². The fourth-order valence-electron chi connectivity index (χ4n) is 2.72. The van der Waals surface area contributed by atoms with E-state index in [1.807, 2.05) is 30.3 Å². The molecule has 0 bridgehead atoms. The predicted octanol–water partition coefficient (Wildman–Crippen LogP) is 3.86. The quantitative estimate of drug-likeness (QED) is 0.633. The molecule has 3 aromatic rings. The van der Waals surface area contributed by atoms with Gasteiger partial charge in [-0.25, -0.2) is 4.39 Å². The van der Waals surface area contributed by atoms with Crippen molar-refractivity contribution in [3.05, 3.63) is 90.1 Å². The lowest BCUT2D eigenvalue weighted by atomic mass is 10.2. The highest BCUT2D eigenvalue weighted by Crippen LogP contribution is 2.14. The van der Waals surface area contributed by atoms with Crippen molar-refractivity contribution in [3.63, 3.8) is 0 Å². The van der Waals surface area contributed by atoms with Gasteiger partial charge in [0.1, 0.15) is 30.0 Å². The first-order valence-corrected chi connectivity index (χ1v) is 8.54. The van der Waals surface area contributed by atoms with Gasteiger partial charge in [0.15, 0.2) is 0 Å². The number of halogens is 1. The summed E-state index contributed by atoms with van der Waals surface area (Å²) in [7, 11) is 0. The first-order valence-electron chi connectivity index (χ1n) is 8.54. The lowest BCUT2D eigenvalue weighted by Gasteiger charge is -2.24. The maximum Gasteiger partial charge on any atom is 0.123 e. The summed E-state index contributed by atoms with van der Waals surface area (Å²) in [4.78, 5) is 2.10. The number of furan rings is 1. The van der Waals surface area contributed by atoms with Crippen LogP contribution in [0.25, 0.3) is 0 Å². The van der Waals surface area contributed by atoms with Crippen molar-refractivity contribution in [3.8, 4) is 5.75 Å². The van der Waals surface area contributed by atoms with Crippen molar-refractivity contribution in [2.24, 2.45) is 0 Å². The molecule has 136 valence electrons. The molecule has 2 aromatic carbocycles. The predicted molar refractivity (Wildman–Crippen MR) is 97.2 cm³/mol. The van der Waals surface area contributed by atoms with Gasteiger partial charge in [-0.2, -0.15) is 0 Å². The zero-order chi connectivity index (χ0) is 18.2. The summed E-state index contributed by atoms with van der Waals surface area (Å²) in [6, 6.07) is 19.6. The first-order chi connectivity index (χ1) is 12.7.